The van der Waals surface area contributed by atoms with Gasteiger partial charge >= 0.3 is 0 Å². The quantitative estimate of drug-likeness (QED) is 0.920. The van der Waals surface area contributed by atoms with Crippen molar-refractivity contribution in [3.05, 3.63) is 83.1 Å². The number of aliphatic hydroxyl groups is 1. The Hall–Kier alpha value is -2.88. The van der Waals surface area contributed by atoms with Crippen LogP contribution in [0.1, 0.15) is 24.1 Å². The van der Waals surface area contributed by atoms with Crippen LogP contribution in [0.5, 0.6) is 0 Å². The van der Waals surface area contributed by atoms with E-state index in [1.807, 2.05) is 60.7 Å². The Kier molecular flexibility index (Phi) is 4.47. The molecule has 1 atom stereocenters. The van der Waals surface area contributed by atoms with Gasteiger partial charge in [0, 0.05) is 6.54 Å². The molecule has 122 valence electrons. The Morgan fingerprint density at radius 3 is 2.21 bits per heavy atom. The van der Waals surface area contributed by atoms with E-state index < -0.39 is 17.7 Å². The van der Waals surface area contributed by atoms with Crippen molar-refractivity contribution in [1.82, 2.24) is 4.90 Å². The molecule has 1 aliphatic heterocycles. The van der Waals surface area contributed by atoms with Crippen LogP contribution in [0.25, 0.3) is 0 Å². The van der Waals surface area contributed by atoms with Gasteiger partial charge in [-0.25, -0.2) is 0 Å². The summed E-state index contributed by atoms with van der Waals surface area (Å²) in [5.41, 5.74) is 2.11. The molecule has 2 aromatic rings. The molecule has 0 saturated carbocycles. The fourth-order valence-electron chi connectivity index (χ4n) is 3.12. The average molecular weight is 321 g/mol. The van der Waals surface area contributed by atoms with Crippen LogP contribution >= 0.6 is 0 Å². The Morgan fingerprint density at radius 1 is 1.04 bits per heavy atom. The second kappa shape index (κ2) is 6.71. The molecule has 0 saturated heterocycles. The van der Waals surface area contributed by atoms with Crippen LogP contribution in [0, 0.1) is 0 Å². The van der Waals surface area contributed by atoms with E-state index >= 15 is 0 Å². The first-order valence-electron chi connectivity index (χ1n) is 7.93. The van der Waals surface area contributed by atoms with Gasteiger partial charge in [-0.05, 0) is 24.5 Å². The number of hydrogen-bond acceptors (Lipinski definition) is 3. The molecular formula is C20H19NO3. The van der Waals surface area contributed by atoms with Crippen LogP contribution in [0.4, 0.5) is 0 Å². The molecule has 0 bridgehead atoms. The summed E-state index contributed by atoms with van der Waals surface area (Å²) >= 11 is 0. The Labute approximate surface area is 141 Å². The molecule has 0 unspecified atom stereocenters. The van der Waals surface area contributed by atoms with E-state index in [4.69, 9.17) is 0 Å². The molecule has 24 heavy (non-hydrogen) atoms. The number of aliphatic hydroxyl groups excluding tert-OH is 1. The molecule has 4 nitrogen and oxygen atoms in total. The lowest BCUT2D eigenvalue weighted by Crippen LogP contribution is -2.32. The number of carbonyl (C=O) groups is 2. The summed E-state index contributed by atoms with van der Waals surface area (Å²) < 4.78 is 0. The molecule has 1 aliphatic rings. The largest absolute Gasteiger partial charge is 0.503 e. The van der Waals surface area contributed by atoms with Crippen LogP contribution < -0.4 is 0 Å². The lowest BCUT2D eigenvalue weighted by molar-refractivity contribution is -0.129. The standard InChI is InChI=1S/C20H19NO3/c1-14(22)17-18(16-10-6-3-7-11-16)21(20(24)19(17)23)13-12-15-8-4-2-5-9-15/h2-11,18,23H,12-13H2,1H3/t18-/m1/s1. The fourth-order valence-corrected chi connectivity index (χ4v) is 3.12. The van der Waals surface area contributed by atoms with Crippen molar-refractivity contribution in [1.29, 1.82) is 0 Å². The number of Topliss-reactive ketones (excluding diaryl/α,β-unsaturated/α-hetero) is 1. The van der Waals surface area contributed by atoms with Gasteiger partial charge in [-0.1, -0.05) is 60.7 Å². The van der Waals surface area contributed by atoms with Gasteiger partial charge in [0.15, 0.2) is 11.5 Å². The minimum Gasteiger partial charge on any atom is -0.503 e. The maximum absolute atomic E-state index is 12.5. The topological polar surface area (TPSA) is 57.6 Å². The first-order valence-corrected chi connectivity index (χ1v) is 7.93. The van der Waals surface area contributed by atoms with E-state index in [0.29, 0.717) is 13.0 Å². The lowest BCUT2D eigenvalue weighted by atomic mass is 9.96. The van der Waals surface area contributed by atoms with Gasteiger partial charge in [0.25, 0.3) is 5.91 Å². The van der Waals surface area contributed by atoms with Gasteiger partial charge in [-0.3, -0.25) is 9.59 Å². The summed E-state index contributed by atoms with van der Waals surface area (Å²) in [6.45, 7) is 1.82. The highest BCUT2D eigenvalue weighted by Gasteiger charge is 2.41. The van der Waals surface area contributed by atoms with Crippen LogP contribution in [0.3, 0.4) is 0 Å². The number of benzene rings is 2. The summed E-state index contributed by atoms with van der Waals surface area (Å²) in [5.74, 6) is -1.19. The van der Waals surface area contributed by atoms with Gasteiger partial charge in [-0.15, -0.1) is 0 Å². The molecule has 1 N–H and O–H groups in total. The van der Waals surface area contributed by atoms with E-state index in [1.165, 1.54) is 6.92 Å². The summed E-state index contributed by atoms with van der Waals surface area (Å²) in [6, 6.07) is 18.7. The molecule has 0 spiro atoms. The molecule has 0 radical (unpaired) electrons. The van der Waals surface area contributed by atoms with E-state index in [-0.39, 0.29) is 11.4 Å². The van der Waals surface area contributed by atoms with Gasteiger partial charge in [-0.2, -0.15) is 0 Å². The average Bonchev–Trinajstić information content (AvgIpc) is 2.86. The predicted octanol–water partition coefficient (Wildman–Crippen LogP) is 3.21. The number of ketones is 1. The Bertz CT molecular complexity index is 781. The first kappa shape index (κ1) is 16.0. The molecule has 0 fully saturated rings. The number of amides is 1. The van der Waals surface area contributed by atoms with Gasteiger partial charge in [0.1, 0.15) is 0 Å². The number of carbonyl (C=O) groups excluding carboxylic acids is 2. The van der Waals surface area contributed by atoms with E-state index in [2.05, 4.69) is 0 Å². The van der Waals surface area contributed by atoms with E-state index in [9.17, 15) is 14.7 Å². The smallest absolute Gasteiger partial charge is 0.290 e. The zero-order chi connectivity index (χ0) is 17.1. The molecule has 0 aromatic heterocycles. The SMILES string of the molecule is CC(=O)C1=C(O)C(=O)N(CCc2ccccc2)[C@@H]1c1ccccc1. The number of rotatable bonds is 5. The minimum absolute atomic E-state index is 0.180. The highest BCUT2D eigenvalue weighted by molar-refractivity contribution is 6.08. The fraction of sp³-hybridized carbons (Fsp3) is 0.200. The third-order valence-corrected chi connectivity index (χ3v) is 4.28. The molecule has 4 heteroatoms. The summed E-state index contributed by atoms with van der Waals surface area (Å²) in [5, 5.41) is 10.2. The van der Waals surface area contributed by atoms with Crippen LogP contribution in [0.15, 0.2) is 72.0 Å². The van der Waals surface area contributed by atoms with Crippen molar-refractivity contribution >= 4 is 11.7 Å². The van der Waals surface area contributed by atoms with Gasteiger partial charge < -0.3 is 10.0 Å². The second-order valence-corrected chi connectivity index (χ2v) is 5.87. The van der Waals surface area contributed by atoms with Crippen molar-refractivity contribution in [2.24, 2.45) is 0 Å². The second-order valence-electron chi connectivity index (χ2n) is 5.87. The molecular weight excluding hydrogens is 302 g/mol. The minimum atomic E-state index is -0.528. The van der Waals surface area contributed by atoms with Crippen molar-refractivity contribution < 1.29 is 14.7 Å². The van der Waals surface area contributed by atoms with Crippen LogP contribution in [-0.2, 0) is 16.0 Å². The van der Waals surface area contributed by atoms with Gasteiger partial charge in [0.2, 0.25) is 0 Å². The Morgan fingerprint density at radius 2 is 1.62 bits per heavy atom. The molecule has 1 amide bonds. The third kappa shape index (κ3) is 2.95. The number of nitrogens with zero attached hydrogens (tertiary/aromatic N) is 1. The maximum Gasteiger partial charge on any atom is 0.290 e. The van der Waals surface area contributed by atoms with Crippen molar-refractivity contribution in [2.75, 3.05) is 6.54 Å². The summed E-state index contributed by atoms with van der Waals surface area (Å²) in [4.78, 5) is 26.1. The van der Waals surface area contributed by atoms with Crippen molar-refractivity contribution in [2.45, 2.75) is 19.4 Å². The lowest BCUT2D eigenvalue weighted by Gasteiger charge is -2.26. The summed E-state index contributed by atoms with van der Waals surface area (Å²) in [6.07, 6.45) is 0.661. The van der Waals surface area contributed by atoms with Crippen molar-refractivity contribution in [3.8, 4) is 0 Å². The molecule has 0 aliphatic carbocycles. The maximum atomic E-state index is 12.5. The molecule has 1 heterocycles. The third-order valence-electron chi connectivity index (χ3n) is 4.28. The van der Waals surface area contributed by atoms with Crippen molar-refractivity contribution in [3.63, 3.8) is 0 Å². The van der Waals surface area contributed by atoms with Crippen LogP contribution in [-0.4, -0.2) is 28.2 Å². The van der Waals surface area contributed by atoms with E-state index in [0.717, 1.165) is 11.1 Å². The predicted molar refractivity (Wildman–Crippen MR) is 91.4 cm³/mol. The first-order chi connectivity index (χ1) is 11.6. The van der Waals surface area contributed by atoms with Crippen LogP contribution in [0.2, 0.25) is 0 Å². The highest BCUT2D eigenvalue weighted by Crippen LogP contribution is 2.37. The van der Waals surface area contributed by atoms with E-state index in [1.54, 1.807) is 4.90 Å². The monoisotopic (exact) mass is 321 g/mol. The number of hydrogen-bond donors (Lipinski definition) is 1. The Balaban J connectivity index is 1.92. The summed E-state index contributed by atoms with van der Waals surface area (Å²) in [7, 11) is 0. The molecule has 3 rings (SSSR count). The van der Waals surface area contributed by atoms with Gasteiger partial charge in [0.05, 0.1) is 11.6 Å². The normalized spacial score (nSPS) is 17.5. The zero-order valence-electron chi connectivity index (χ0n) is 13.5. The zero-order valence-corrected chi connectivity index (χ0v) is 13.5. The highest BCUT2D eigenvalue weighted by atomic mass is 16.3. The molecule has 2 aromatic carbocycles.